The van der Waals surface area contributed by atoms with E-state index in [9.17, 15) is 13.2 Å². The molecule has 2 rings (SSSR count). The molecule has 0 radical (unpaired) electrons. The second kappa shape index (κ2) is 6.39. The Labute approximate surface area is 124 Å². The zero-order valence-corrected chi connectivity index (χ0v) is 13.0. The van der Waals surface area contributed by atoms with Crippen LogP contribution in [0, 0.1) is 26.7 Å². The van der Waals surface area contributed by atoms with Gasteiger partial charge in [-0.1, -0.05) is 18.6 Å². The maximum absolute atomic E-state index is 12.8. The number of rotatable bonds is 3. The summed E-state index contributed by atoms with van der Waals surface area (Å²) in [5.74, 6) is -1.13. The average molecular weight is 299 g/mol. The minimum Gasteiger partial charge on any atom is -0.310 e. The topological polar surface area (TPSA) is 12.0 Å². The molecule has 1 nitrogen and oxygen atoms in total. The lowest BCUT2D eigenvalue weighted by atomic mass is 9.85. The Hall–Kier alpha value is -1.03. The van der Waals surface area contributed by atoms with E-state index in [2.05, 4.69) is 38.2 Å². The van der Waals surface area contributed by atoms with E-state index in [1.807, 2.05) is 0 Å². The van der Waals surface area contributed by atoms with Gasteiger partial charge in [-0.05, 0) is 62.3 Å². The minimum atomic E-state index is -4.04. The second-order valence-corrected chi connectivity index (χ2v) is 6.35. The van der Waals surface area contributed by atoms with Crippen molar-refractivity contribution in [1.29, 1.82) is 0 Å². The van der Waals surface area contributed by atoms with Gasteiger partial charge >= 0.3 is 6.18 Å². The highest BCUT2D eigenvalue weighted by molar-refractivity contribution is 5.36. The number of benzene rings is 1. The Kier molecular flexibility index (Phi) is 4.97. The van der Waals surface area contributed by atoms with Crippen LogP contribution in [0.2, 0.25) is 0 Å². The smallest absolute Gasteiger partial charge is 0.310 e. The summed E-state index contributed by atoms with van der Waals surface area (Å²) in [6, 6.07) is 4.26. The van der Waals surface area contributed by atoms with Crippen LogP contribution >= 0.6 is 0 Å². The molecule has 21 heavy (non-hydrogen) atoms. The van der Waals surface area contributed by atoms with Crippen molar-refractivity contribution in [3.8, 4) is 0 Å². The number of aryl methyl sites for hydroxylation is 3. The van der Waals surface area contributed by atoms with Gasteiger partial charge in [-0.25, -0.2) is 0 Å². The van der Waals surface area contributed by atoms with Crippen LogP contribution in [0.25, 0.3) is 0 Å². The number of halogens is 3. The molecule has 2 atom stereocenters. The Balaban J connectivity index is 1.95. The molecule has 1 aliphatic carbocycles. The Morgan fingerprint density at radius 2 is 1.71 bits per heavy atom. The van der Waals surface area contributed by atoms with Gasteiger partial charge < -0.3 is 5.32 Å². The number of hydrogen-bond donors (Lipinski definition) is 1. The van der Waals surface area contributed by atoms with Crippen LogP contribution in [0.4, 0.5) is 13.2 Å². The number of nitrogens with one attached hydrogen (secondary N) is 1. The molecule has 1 fully saturated rings. The molecule has 0 aliphatic heterocycles. The first kappa shape index (κ1) is 16.3. The van der Waals surface area contributed by atoms with Crippen molar-refractivity contribution < 1.29 is 13.2 Å². The van der Waals surface area contributed by atoms with Crippen LogP contribution in [0.1, 0.15) is 47.9 Å². The molecule has 4 heteroatoms. The lowest BCUT2D eigenvalue weighted by Crippen LogP contribution is -2.38. The van der Waals surface area contributed by atoms with Crippen LogP contribution < -0.4 is 5.32 Å². The van der Waals surface area contributed by atoms with E-state index in [0.717, 1.165) is 6.42 Å². The van der Waals surface area contributed by atoms with Crippen LogP contribution in [0.5, 0.6) is 0 Å². The van der Waals surface area contributed by atoms with Crippen molar-refractivity contribution in [3.05, 3.63) is 34.4 Å². The standard InChI is InChI=1S/C17H24F3N/c1-11-7-13(3)14(8-12(11)2)10-21-16-6-4-5-15(9-16)17(18,19)20/h7-8,15-16,21H,4-6,9-10H2,1-3H3. The van der Waals surface area contributed by atoms with Crippen LogP contribution in [0.3, 0.4) is 0 Å². The summed E-state index contributed by atoms with van der Waals surface area (Å²) >= 11 is 0. The fourth-order valence-corrected chi connectivity index (χ4v) is 3.14. The molecule has 1 aromatic rings. The molecule has 0 amide bonds. The molecule has 0 bridgehead atoms. The first-order valence-electron chi connectivity index (χ1n) is 7.64. The van der Waals surface area contributed by atoms with Crippen molar-refractivity contribution in [2.75, 3.05) is 0 Å². The Morgan fingerprint density at radius 3 is 2.38 bits per heavy atom. The van der Waals surface area contributed by atoms with Gasteiger partial charge in [-0.2, -0.15) is 13.2 Å². The van der Waals surface area contributed by atoms with Gasteiger partial charge in [0.25, 0.3) is 0 Å². The molecule has 0 spiro atoms. The summed E-state index contributed by atoms with van der Waals surface area (Å²) in [5.41, 5.74) is 4.88. The van der Waals surface area contributed by atoms with Crippen molar-refractivity contribution in [3.63, 3.8) is 0 Å². The molecule has 0 heterocycles. The summed E-state index contributed by atoms with van der Waals surface area (Å²) < 4.78 is 38.4. The third-order valence-electron chi connectivity index (χ3n) is 4.67. The fraction of sp³-hybridized carbons (Fsp3) is 0.647. The predicted octanol–water partition coefficient (Wildman–Crippen LogP) is 4.82. The molecule has 1 N–H and O–H groups in total. The first-order valence-corrected chi connectivity index (χ1v) is 7.64. The van der Waals surface area contributed by atoms with Crippen molar-refractivity contribution >= 4 is 0 Å². The van der Waals surface area contributed by atoms with E-state index in [0.29, 0.717) is 13.0 Å². The fourth-order valence-electron chi connectivity index (χ4n) is 3.14. The molecule has 0 aromatic heterocycles. The summed E-state index contributed by atoms with van der Waals surface area (Å²) in [6.07, 6.45) is -2.04. The lowest BCUT2D eigenvalue weighted by molar-refractivity contribution is -0.183. The van der Waals surface area contributed by atoms with Crippen molar-refractivity contribution in [2.45, 2.75) is 65.2 Å². The third-order valence-corrected chi connectivity index (χ3v) is 4.67. The van der Waals surface area contributed by atoms with Crippen molar-refractivity contribution in [2.24, 2.45) is 5.92 Å². The van der Waals surface area contributed by atoms with E-state index in [4.69, 9.17) is 0 Å². The number of alkyl halides is 3. The van der Waals surface area contributed by atoms with Gasteiger partial charge in [-0.15, -0.1) is 0 Å². The molecular formula is C17H24F3N. The maximum Gasteiger partial charge on any atom is 0.391 e. The predicted molar refractivity (Wildman–Crippen MR) is 79.3 cm³/mol. The zero-order chi connectivity index (χ0) is 15.6. The van der Waals surface area contributed by atoms with Gasteiger partial charge in [0.1, 0.15) is 0 Å². The van der Waals surface area contributed by atoms with Gasteiger partial charge in [0.15, 0.2) is 0 Å². The van der Waals surface area contributed by atoms with Gasteiger partial charge in [0.05, 0.1) is 5.92 Å². The summed E-state index contributed by atoms with van der Waals surface area (Å²) in [6.45, 7) is 6.86. The van der Waals surface area contributed by atoms with E-state index >= 15 is 0 Å². The van der Waals surface area contributed by atoms with Gasteiger partial charge in [0.2, 0.25) is 0 Å². The van der Waals surface area contributed by atoms with Crippen LogP contribution in [-0.4, -0.2) is 12.2 Å². The van der Waals surface area contributed by atoms with E-state index in [1.165, 1.54) is 22.3 Å². The first-order chi connectivity index (χ1) is 9.77. The monoisotopic (exact) mass is 299 g/mol. The van der Waals surface area contributed by atoms with Gasteiger partial charge in [-0.3, -0.25) is 0 Å². The normalized spacial score (nSPS) is 23.3. The van der Waals surface area contributed by atoms with E-state index < -0.39 is 12.1 Å². The highest BCUT2D eigenvalue weighted by atomic mass is 19.4. The number of hydrogen-bond acceptors (Lipinski definition) is 1. The third kappa shape index (κ3) is 4.22. The zero-order valence-electron chi connectivity index (χ0n) is 13.0. The van der Waals surface area contributed by atoms with E-state index in [1.54, 1.807) is 0 Å². The van der Waals surface area contributed by atoms with Crippen LogP contribution in [-0.2, 0) is 6.54 Å². The average Bonchev–Trinajstić information content (AvgIpc) is 2.41. The molecule has 1 aliphatic rings. The summed E-state index contributed by atoms with van der Waals surface area (Å²) in [4.78, 5) is 0. The molecule has 0 saturated heterocycles. The van der Waals surface area contributed by atoms with E-state index in [-0.39, 0.29) is 18.9 Å². The quantitative estimate of drug-likeness (QED) is 0.843. The Bertz CT molecular complexity index is 494. The highest BCUT2D eigenvalue weighted by Crippen LogP contribution is 2.37. The maximum atomic E-state index is 12.8. The van der Waals surface area contributed by atoms with Crippen molar-refractivity contribution in [1.82, 2.24) is 5.32 Å². The molecular weight excluding hydrogens is 275 g/mol. The SMILES string of the molecule is Cc1cc(C)c(CNC2CCCC(C(F)(F)F)C2)cc1C. The van der Waals surface area contributed by atoms with Crippen LogP contribution in [0.15, 0.2) is 12.1 Å². The molecule has 1 aromatic carbocycles. The largest absolute Gasteiger partial charge is 0.391 e. The highest BCUT2D eigenvalue weighted by Gasteiger charge is 2.41. The molecule has 118 valence electrons. The van der Waals surface area contributed by atoms with Gasteiger partial charge in [0, 0.05) is 12.6 Å². The lowest BCUT2D eigenvalue weighted by Gasteiger charge is -2.31. The summed E-state index contributed by atoms with van der Waals surface area (Å²) in [5, 5.41) is 3.33. The second-order valence-electron chi connectivity index (χ2n) is 6.35. The summed E-state index contributed by atoms with van der Waals surface area (Å²) in [7, 11) is 0. The molecule has 2 unspecified atom stereocenters. The minimum absolute atomic E-state index is 0.0219. The Morgan fingerprint density at radius 1 is 1.05 bits per heavy atom. The molecule has 1 saturated carbocycles.